The Bertz CT molecular complexity index is 325. The molecule has 1 rings (SSSR count). The molecule has 0 bridgehead atoms. The maximum atomic E-state index is 3.43. The minimum absolute atomic E-state index is 0.924. The van der Waals surface area contributed by atoms with Crippen LogP contribution in [-0.2, 0) is 12.8 Å². The number of rotatable bonds is 4. The third-order valence-electron chi connectivity index (χ3n) is 2.63. The molecular formula is C14H19Br. The van der Waals surface area contributed by atoms with Crippen LogP contribution in [0.2, 0.25) is 0 Å². The molecule has 0 nitrogen and oxygen atoms in total. The summed E-state index contributed by atoms with van der Waals surface area (Å²) in [5.74, 6) is 0. The first-order chi connectivity index (χ1) is 7.22. The summed E-state index contributed by atoms with van der Waals surface area (Å²) in [4.78, 5) is 0. The summed E-state index contributed by atoms with van der Waals surface area (Å²) >= 11 is 3.43. The lowest BCUT2D eigenvalue weighted by molar-refractivity contribution is 1.07. The second-order valence-electron chi connectivity index (χ2n) is 3.76. The topological polar surface area (TPSA) is 0 Å². The van der Waals surface area contributed by atoms with E-state index < -0.39 is 0 Å². The number of benzene rings is 1. The highest BCUT2D eigenvalue weighted by molar-refractivity contribution is 9.09. The first kappa shape index (κ1) is 12.5. The van der Waals surface area contributed by atoms with Crippen molar-refractivity contribution in [2.45, 2.75) is 33.6 Å². The van der Waals surface area contributed by atoms with Gasteiger partial charge < -0.3 is 0 Å². The van der Waals surface area contributed by atoms with Crippen molar-refractivity contribution in [1.82, 2.24) is 0 Å². The fraction of sp³-hybridized carbons (Fsp3) is 0.429. The van der Waals surface area contributed by atoms with Gasteiger partial charge in [-0.2, -0.15) is 0 Å². The van der Waals surface area contributed by atoms with Crippen molar-refractivity contribution in [3.05, 3.63) is 40.5 Å². The first-order valence-electron chi connectivity index (χ1n) is 5.57. The number of aryl methyl sites for hydroxylation is 3. The zero-order chi connectivity index (χ0) is 11.3. The zero-order valence-corrected chi connectivity index (χ0v) is 11.4. The maximum Gasteiger partial charge on any atom is 0.0215 e. The highest BCUT2D eigenvalue weighted by atomic mass is 79.9. The molecular weight excluding hydrogens is 248 g/mol. The van der Waals surface area contributed by atoms with Crippen molar-refractivity contribution in [3.63, 3.8) is 0 Å². The Morgan fingerprint density at radius 3 is 2.07 bits per heavy atom. The molecule has 0 atom stereocenters. The number of hydrogen-bond donors (Lipinski definition) is 0. The summed E-state index contributed by atoms with van der Waals surface area (Å²) in [5.41, 5.74) is 5.72. The van der Waals surface area contributed by atoms with E-state index in [0.29, 0.717) is 0 Å². The van der Waals surface area contributed by atoms with E-state index in [-0.39, 0.29) is 0 Å². The molecule has 0 N–H and O–H groups in total. The van der Waals surface area contributed by atoms with Gasteiger partial charge in [-0.05, 0) is 36.5 Å². The van der Waals surface area contributed by atoms with Crippen molar-refractivity contribution in [1.29, 1.82) is 0 Å². The van der Waals surface area contributed by atoms with E-state index in [2.05, 4.69) is 61.0 Å². The van der Waals surface area contributed by atoms with E-state index >= 15 is 0 Å². The van der Waals surface area contributed by atoms with E-state index in [1.165, 1.54) is 22.3 Å². The molecule has 0 spiro atoms. The predicted molar refractivity (Wildman–Crippen MR) is 72.8 cm³/mol. The lowest BCUT2D eigenvalue weighted by Crippen LogP contribution is -1.95. The molecule has 1 heteroatoms. The molecule has 0 saturated carbocycles. The molecule has 15 heavy (non-hydrogen) atoms. The van der Waals surface area contributed by atoms with Gasteiger partial charge in [0.05, 0.1) is 0 Å². The molecule has 0 unspecified atom stereocenters. The second-order valence-corrected chi connectivity index (χ2v) is 4.41. The van der Waals surface area contributed by atoms with E-state index in [1.807, 2.05) is 0 Å². The van der Waals surface area contributed by atoms with Crippen LogP contribution in [0.15, 0.2) is 18.2 Å². The molecule has 0 amide bonds. The van der Waals surface area contributed by atoms with E-state index in [1.54, 1.807) is 0 Å². The quantitative estimate of drug-likeness (QED) is 0.703. The average Bonchev–Trinajstić information content (AvgIpc) is 2.26. The van der Waals surface area contributed by atoms with Gasteiger partial charge in [0.2, 0.25) is 0 Å². The zero-order valence-electron chi connectivity index (χ0n) is 9.81. The molecule has 1 aromatic carbocycles. The van der Waals surface area contributed by atoms with Crippen LogP contribution in [0.5, 0.6) is 0 Å². The van der Waals surface area contributed by atoms with E-state index in [0.717, 1.165) is 18.2 Å². The molecule has 0 aliphatic carbocycles. The smallest absolute Gasteiger partial charge is 0.0215 e. The molecule has 82 valence electrons. The van der Waals surface area contributed by atoms with Crippen molar-refractivity contribution in [3.8, 4) is 0 Å². The highest BCUT2D eigenvalue weighted by Gasteiger charge is 2.04. The van der Waals surface area contributed by atoms with Gasteiger partial charge in [-0.1, -0.05) is 59.6 Å². The lowest BCUT2D eigenvalue weighted by atomic mass is 9.95. The summed E-state index contributed by atoms with van der Waals surface area (Å²) < 4.78 is 0. The Kier molecular flexibility index (Phi) is 5.10. The van der Waals surface area contributed by atoms with Gasteiger partial charge in [0.25, 0.3) is 0 Å². The Hall–Kier alpha value is -0.560. The van der Waals surface area contributed by atoms with Gasteiger partial charge in [-0.25, -0.2) is 0 Å². The van der Waals surface area contributed by atoms with Gasteiger partial charge in [0.15, 0.2) is 0 Å². The number of allylic oxidation sites excluding steroid dienone is 1. The minimum Gasteiger partial charge on any atom is -0.0883 e. The molecule has 1 aromatic rings. The Balaban J connectivity index is 3.24. The predicted octanol–water partition coefficient (Wildman–Crippen LogP) is 4.53. The third-order valence-corrected chi connectivity index (χ3v) is 3.00. The third kappa shape index (κ3) is 3.20. The van der Waals surface area contributed by atoms with E-state index in [9.17, 15) is 0 Å². The SMILES string of the molecule is CCc1cc(C)cc(CC)c1C=CCBr. The summed E-state index contributed by atoms with van der Waals surface area (Å²) in [5, 5.41) is 0.924. The van der Waals surface area contributed by atoms with Gasteiger partial charge in [-0.3, -0.25) is 0 Å². The average molecular weight is 267 g/mol. The van der Waals surface area contributed by atoms with Crippen LogP contribution < -0.4 is 0 Å². The molecule has 0 aliphatic rings. The van der Waals surface area contributed by atoms with Crippen molar-refractivity contribution in [2.24, 2.45) is 0 Å². The van der Waals surface area contributed by atoms with E-state index in [4.69, 9.17) is 0 Å². The molecule has 0 saturated heterocycles. The Labute approximate surface area is 102 Å². The number of alkyl halides is 1. The molecule has 0 aliphatic heterocycles. The van der Waals surface area contributed by atoms with Crippen molar-refractivity contribution < 1.29 is 0 Å². The normalized spacial score (nSPS) is 11.2. The van der Waals surface area contributed by atoms with Crippen LogP contribution in [0.1, 0.15) is 36.1 Å². The summed E-state index contributed by atoms with van der Waals surface area (Å²) in [6, 6.07) is 4.60. The monoisotopic (exact) mass is 266 g/mol. The van der Waals surface area contributed by atoms with Gasteiger partial charge in [-0.15, -0.1) is 0 Å². The highest BCUT2D eigenvalue weighted by Crippen LogP contribution is 2.20. The Morgan fingerprint density at radius 1 is 1.13 bits per heavy atom. The van der Waals surface area contributed by atoms with Crippen LogP contribution in [0.4, 0.5) is 0 Å². The molecule has 0 radical (unpaired) electrons. The van der Waals surface area contributed by atoms with Crippen LogP contribution in [0.3, 0.4) is 0 Å². The summed E-state index contributed by atoms with van der Waals surface area (Å²) in [7, 11) is 0. The van der Waals surface area contributed by atoms with Gasteiger partial charge in [0.1, 0.15) is 0 Å². The van der Waals surface area contributed by atoms with Gasteiger partial charge >= 0.3 is 0 Å². The van der Waals surface area contributed by atoms with Crippen molar-refractivity contribution >= 4 is 22.0 Å². The van der Waals surface area contributed by atoms with Crippen LogP contribution >= 0.6 is 15.9 Å². The fourth-order valence-corrected chi connectivity index (χ4v) is 2.10. The molecule has 0 fully saturated rings. The standard InChI is InChI=1S/C14H19Br/c1-4-12-9-11(3)10-13(5-2)14(12)7-6-8-15/h6-7,9-10H,4-5,8H2,1-3H3. The Morgan fingerprint density at radius 2 is 1.67 bits per heavy atom. The fourth-order valence-electron chi connectivity index (χ4n) is 1.91. The molecule has 0 heterocycles. The first-order valence-corrected chi connectivity index (χ1v) is 6.70. The lowest BCUT2D eigenvalue weighted by Gasteiger charge is -2.11. The summed E-state index contributed by atoms with van der Waals surface area (Å²) in [6.07, 6.45) is 6.63. The van der Waals surface area contributed by atoms with Crippen molar-refractivity contribution in [2.75, 3.05) is 5.33 Å². The second kappa shape index (κ2) is 6.12. The maximum absolute atomic E-state index is 3.43. The van der Waals surface area contributed by atoms with Gasteiger partial charge in [0, 0.05) is 5.33 Å². The molecule has 0 aromatic heterocycles. The largest absolute Gasteiger partial charge is 0.0883 e. The van der Waals surface area contributed by atoms with Crippen LogP contribution in [-0.4, -0.2) is 5.33 Å². The van der Waals surface area contributed by atoms with Crippen LogP contribution in [0, 0.1) is 6.92 Å². The number of hydrogen-bond acceptors (Lipinski definition) is 0. The minimum atomic E-state index is 0.924. The summed E-state index contributed by atoms with van der Waals surface area (Å²) in [6.45, 7) is 6.62. The van der Waals surface area contributed by atoms with Crippen LogP contribution in [0.25, 0.3) is 6.08 Å². The number of halogens is 1.